The molecule has 12 saturated heterocycles. The van der Waals surface area contributed by atoms with Gasteiger partial charge in [-0.1, -0.05) is 0 Å². The molecule has 12 rings (SSSR count). The molecule has 0 saturated carbocycles. The summed E-state index contributed by atoms with van der Waals surface area (Å²) in [7, 11) is 0.785. The number of hydrogen-bond acceptors (Lipinski definition) is 0. The summed E-state index contributed by atoms with van der Waals surface area (Å²) >= 11 is 0. The Bertz CT molecular complexity index is 1280. The first-order valence-corrected chi connectivity index (χ1v) is 23.4. The summed E-state index contributed by atoms with van der Waals surface area (Å²) in [6, 6.07) is 0. The van der Waals surface area contributed by atoms with Crippen molar-refractivity contribution in [2.45, 2.75) is 138 Å². The van der Waals surface area contributed by atoms with Gasteiger partial charge in [0, 0.05) is 0 Å². The van der Waals surface area contributed by atoms with Crippen molar-refractivity contribution in [3.63, 3.8) is 0 Å². The van der Waals surface area contributed by atoms with E-state index in [2.05, 4.69) is 55.4 Å². The quantitative estimate of drug-likeness (QED) is 0.253. The van der Waals surface area contributed by atoms with E-state index in [4.69, 9.17) is 0 Å². The van der Waals surface area contributed by atoms with Crippen LogP contribution in [0.5, 0.6) is 0 Å². The fourth-order valence-corrected chi connectivity index (χ4v) is 132. The molecule has 0 aliphatic carbocycles. The van der Waals surface area contributed by atoms with Crippen molar-refractivity contribution in [1.82, 2.24) is 0 Å². The number of hydrogen-bond donors (Lipinski definition) is 0. The Labute approximate surface area is 183 Å². The maximum absolute atomic E-state index is 3.31. The maximum atomic E-state index is 2.64. The predicted octanol–water partition coefficient (Wildman–Crippen LogP) is 9.06. The monoisotopic (exact) mass is 498 g/mol. The fraction of sp³-hybridized carbons (Fsp3) is 1.00. The predicted molar refractivity (Wildman–Crippen MR) is 133 cm³/mol. The van der Waals surface area contributed by atoms with E-state index in [9.17, 15) is 0 Å². The normalized spacial score (nSPS) is 89.3. The van der Waals surface area contributed by atoms with Crippen molar-refractivity contribution < 1.29 is 6.51 Å². The van der Waals surface area contributed by atoms with Crippen LogP contribution in [-0.4, -0.2) is 30.7 Å². The molecule has 174 valence electrons. The Balaban J connectivity index is 1.14. The molecule has 0 amide bonds. The Morgan fingerprint density at radius 2 is 0.774 bits per heavy atom. The summed E-state index contributed by atoms with van der Waals surface area (Å²) in [5.74, 6) is 3.99. The van der Waals surface area contributed by atoms with Gasteiger partial charge < -0.3 is 0 Å². The minimum absolute atomic E-state index is 0.393. The van der Waals surface area contributed by atoms with Gasteiger partial charge in [-0.05, 0) is 0 Å². The molecule has 3 heteroatoms. The second-order valence-electron chi connectivity index (χ2n) is 18.2. The van der Waals surface area contributed by atoms with Crippen LogP contribution in [0, 0.1) is 23.7 Å². The first kappa shape index (κ1) is 16.9. The average Bonchev–Trinajstić information content (AvgIpc) is 3.53. The molecule has 0 aromatic carbocycles. The van der Waals surface area contributed by atoms with Crippen LogP contribution < -0.4 is 0 Å². The molecule has 0 bridgehead atoms. The molecular formula is C28H44FeP2. The van der Waals surface area contributed by atoms with Crippen molar-refractivity contribution in [1.29, 1.82) is 0 Å². The van der Waals surface area contributed by atoms with Crippen LogP contribution in [0.4, 0.5) is 0 Å². The van der Waals surface area contributed by atoms with E-state index in [0.29, 0.717) is 15.8 Å². The molecule has 0 N–H and O–H groups in total. The zero-order chi connectivity index (χ0) is 21.1. The van der Waals surface area contributed by atoms with Crippen molar-refractivity contribution in [2.24, 2.45) is 23.7 Å². The molecular weight excluding hydrogens is 454 g/mol. The van der Waals surface area contributed by atoms with Crippen molar-refractivity contribution >= 4 is 15.8 Å². The van der Waals surface area contributed by atoms with Crippen LogP contribution in [0.15, 0.2) is 0 Å². The molecule has 8 unspecified atom stereocenters. The van der Waals surface area contributed by atoms with E-state index >= 15 is 0 Å². The molecule has 12 atom stereocenters. The molecule has 31 heavy (non-hydrogen) atoms. The van der Waals surface area contributed by atoms with E-state index in [-0.39, 0.29) is 0 Å². The van der Waals surface area contributed by atoms with Gasteiger partial charge in [-0.25, -0.2) is 0 Å². The summed E-state index contributed by atoms with van der Waals surface area (Å²) in [6.45, 7) is 17.8. The van der Waals surface area contributed by atoms with Crippen LogP contribution in [0.1, 0.15) is 68.2 Å². The average molecular weight is 498 g/mol. The van der Waals surface area contributed by atoms with Crippen LogP contribution in [0.3, 0.4) is 0 Å². The van der Waals surface area contributed by atoms with Gasteiger partial charge in [0.15, 0.2) is 0 Å². The van der Waals surface area contributed by atoms with Crippen LogP contribution in [0.2, 0.25) is 38.5 Å². The number of rotatable bonds is 6. The van der Waals surface area contributed by atoms with Crippen molar-refractivity contribution in [3.05, 3.63) is 0 Å². The summed E-state index contributed by atoms with van der Waals surface area (Å²) in [5.41, 5.74) is 4.82. The van der Waals surface area contributed by atoms with Crippen molar-refractivity contribution in [2.75, 3.05) is 0 Å². The van der Waals surface area contributed by atoms with Gasteiger partial charge in [-0.15, -0.1) is 0 Å². The molecule has 12 aliphatic heterocycles. The SMILES string of the molecule is CC(C)[C@@H]1C[C@@H](C(C)C)P1[C]12[CH]3[CH]4[CH]5[CH]1[Fe]45321678[CH]2[CH]1[CH]6[C]7(P1[C@H](C(C)C)C[C@H]1C(C)C)[CH]28. The van der Waals surface area contributed by atoms with E-state index in [0.717, 1.165) is 23.7 Å². The zero-order valence-electron chi connectivity index (χ0n) is 20.9. The second kappa shape index (κ2) is 2.21. The minimum atomic E-state index is -3.31. The van der Waals surface area contributed by atoms with E-state index in [1.165, 1.54) is 69.3 Å². The van der Waals surface area contributed by atoms with Gasteiger partial charge in [0.2, 0.25) is 0 Å². The third-order valence-corrected chi connectivity index (χ3v) is 80.8. The Morgan fingerprint density at radius 1 is 0.516 bits per heavy atom. The van der Waals surface area contributed by atoms with Gasteiger partial charge in [0.05, 0.1) is 0 Å². The van der Waals surface area contributed by atoms with E-state index < -0.39 is 6.51 Å². The Morgan fingerprint density at radius 3 is 0.968 bits per heavy atom. The second-order valence-corrected chi connectivity index (χ2v) is 48.0. The standard InChI is InChI=1S/2C14H22P.Fe/c2*1-10(2)13-9-14(11(3)4)15(13)12-7-5-6-8-12;/h2*5-8,10-11,13-14H,9H2,1-4H3;/t2*13-,14-;/m00./s1. The molecule has 0 nitrogen and oxygen atoms in total. The van der Waals surface area contributed by atoms with Gasteiger partial charge >= 0.3 is 184 Å². The van der Waals surface area contributed by atoms with E-state index in [1.807, 2.05) is 0 Å². The van der Waals surface area contributed by atoms with Crippen LogP contribution in [0.25, 0.3) is 0 Å². The summed E-state index contributed by atoms with van der Waals surface area (Å²) in [5, 5.41) is 0. The topological polar surface area (TPSA) is 0 Å². The Kier molecular flexibility index (Phi) is 1.21. The third-order valence-electron chi connectivity index (χ3n) is 20.9. The van der Waals surface area contributed by atoms with Gasteiger partial charge in [-0.2, -0.15) is 0 Å². The molecule has 12 heterocycles. The zero-order valence-corrected chi connectivity index (χ0v) is 23.8. The molecule has 12 aliphatic rings. The first-order valence-electron chi connectivity index (χ1n) is 14.2. The Hall–Kier alpha value is 1.38. The van der Waals surface area contributed by atoms with E-state index in [1.54, 1.807) is 12.8 Å². The van der Waals surface area contributed by atoms with Crippen molar-refractivity contribution in [3.8, 4) is 0 Å². The van der Waals surface area contributed by atoms with Gasteiger partial charge in [0.1, 0.15) is 0 Å². The molecule has 1 spiro atoms. The first-order chi connectivity index (χ1) is 14.4. The fourth-order valence-electron chi connectivity index (χ4n) is 22.3. The third kappa shape index (κ3) is 0.347. The summed E-state index contributed by atoms with van der Waals surface area (Å²) in [6.07, 6.45) is 3.30. The van der Waals surface area contributed by atoms with Crippen LogP contribution >= 0.6 is 15.8 Å². The summed E-state index contributed by atoms with van der Waals surface area (Å²) in [4.78, 5) is 12.2. The molecule has 0 aromatic heterocycles. The van der Waals surface area contributed by atoms with Gasteiger partial charge in [0.25, 0.3) is 0 Å². The molecule has 0 radical (unpaired) electrons. The van der Waals surface area contributed by atoms with Crippen LogP contribution in [-0.2, 0) is 6.51 Å². The molecule has 0 aromatic rings. The summed E-state index contributed by atoms with van der Waals surface area (Å²) < 4.78 is 2.40. The molecule has 12 fully saturated rings. The van der Waals surface area contributed by atoms with Gasteiger partial charge in [-0.3, -0.25) is 0 Å². The number of fused-ring (bicyclic) bond motifs is 10.